The van der Waals surface area contributed by atoms with Crippen LogP contribution in [0.15, 0.2) is 42.0 Å². The molecule has 1 saturated heterocycles. The molecule has 8 nitrogen and oxygen atoms in total. The number of ketones is 1. The number of likely N-dealkylation sites (N-methyl/N-ethyl adjacent to an activating group) is 1. The fraction of sp³-hybridized carbons (Fsp3) is 0.360. The average Bonchev–Trinajstić information content (AvgIpc) is 3.07. The van der Waals surface area contributed by atoms with Crippen molar-refractivity contribution >= 4 is 29.1 Å². The molecule has 0 aromatic heterocycles. The predicted molar refractivity (Wildman–Crippen MR) is 130 cm³/mol. The second kappa shape index (κ2) is 10.8. The van der Waals surface area contributed by atoms with Crippen LogP contribution in [-0.4, -0.2) is 74.6 Å². The minimum atomic E-state index is -0.879. The molecule has 9 heteroatoms. The number of likely N-dealkylation sites (tertiary alicyclic amines) is 1. The predicted octanol–water partition coefficient (Wildman–Crippen LogP) is 3.74. The zero-order chi connectivity index (χ0) is 25.0. The topological polar surface area (TPSA) is 88.5 Å². The first-order valence-electron chi connectivity index (χ1n) is 10.8. The summed E-state index contributed by atoms with van der Waals surface area (Å²) >= 11 is 6.31. The maximum Gasteiger partial charge on any atom is 0.295 e. The van der Waals surface area contributed by atoms with Gasteiger partial charge in [-0.25, -0.2) is 0 Å². The van der Waals surface area contributed by atoms with Crippen molar-refractivity contribution in [1.29, 1.82) is 0 Å². The van der Waals surface area contributed by atoms with Gasteiger partial charge in [0.1, 0.15) is 11.5 Å². The Balaban J connectivity index is 2.22. The Morgan fingerprint density at radius 2 is 1.85 bits per heavy atom. The highest BCUT2D eigenvalue weighted by Crippen LogP contribution is 2.45. The van der Waals surface area contributed by atoms with Gasteiger partial charge in [-0.2, -0.15) is 0 Å². The van der Waals surface area contributed by atoms with E-state index >= 15 is 0 Å². The van der Waals surface area contributed by atoms with Crippen LogP contribution < -0.4 is 14.2 Å². The van der Waals surface area contributed by atoms with Gasteiger partial charge in [-0.1, -0.05) is 23.7 Å². The van der Waals surface area contributed by atoms with Crippen molar-refractivity contribution in [3.63, 3.8) is 0 Å². The number of nitrogens with zero attached hydrogens (tertiary/aromatic N) is 2. The van der Waals surface area contributed by atoms with E-state index in [1.807, 2.05) is 25.9 Å². The number of ether oxygens (including phenoxy) is 3. The maximum absolute atomic E-state index is 13.2. The summed E-state index contributed by atoms with van der Waals surface area (Å²) in [6.45, 7) is 3.05. The highest BCUT2D eigenvalue weighted by molar-refractivity contribution is 6.46. The van der Waals surface area contributed by atoms with Crippen LogP contribution in [0.1, 0.15) is 24.1 Å². The summed E-state index contributed by atoms with van der Waals surface area (Å²) in [5.41, 5.74) is 0.778. The third-order valence-corrected chi connectivity index (χ3v) is 5.86. The fourth-order valence-corrected chi connectivity index (χ4v) is 4.18. The van der Waals surface area contributed by atoms with Crippen LogP contribution in [0, 0.1) is 0 Å². The van der Waals surface area contributed by atoms with Crippen LogP contribution in [0.3, 0.4) is 0 Å². The molecule has 0 spiro atoms. The molecule has 0 bridgehead atoms. The monoisotopic (exact) mass is 488 g/mol. The van der Waals surface area contributed by atoms with Crippen molar-refractivity contribution in [3.8, 4) is 17.2 Å². The molecule has 3 rings (SSSR count). The van der Waals surface area contributed by atoms with Crippen LogP contribution >= 0.6 is 11.6 Å². The van der Waals surface area contributed by atoms with Crippen molar-refractivity contribution in [1.82, 2.24) is 9.80 Å². The number of halogens is 1. The van der Waals surface area contributed by atoms with E-state index in [-0.39, 0.29) is 22.9 Å². The summed E-state index contributed by atoms with van der Waals surface area (Å²) in [5, 5.41) is 11.5. The lowest BCUT2D eigenvalue weighted by Gasteiger charge is -2.28. The van der Waals surface area contributed by atoms with E-state index in [0.29, 0.717) is 41.5 Å². The molecule has 1 amide bonds. The lowest BCUT2D eigenvalue weighted by Crippen LogP contribution is -2.35. The number of benzene rings is 2. The third-order valence-electron chi connectivity index (χ3n) is 5.56. The molecule has 1 fully saturated rings. The van der Waals surface area contributed by atoms with Gasteiger partial charge in [-0.05, 0) is 45.3 Å². The molecular weight excluding hydrogens is 460 g/mol. The largest absolute Gasteiger partial charge is 0.507 e. The number of aliphatic hydroxyl groups excluding tert-OH is 1. The highest BCUT2D eigenvalue weighted by Gasteiger charge is 2.47. The van der Waals surface area contributed by atoms with Gasteiger partial charge in [0.2, 0.25) is 0 Å². The van der Waals surface area contributed by atoms with Gasteiger partial charge in [0, 0.05) is 24.2 Å². The Morgan fingerprint density at radius 1 is 1.12 bits per heavy atom. The number of aliphatic hydroxyl groups is 1. The van der Waals surface area contributed by atoms with Crippen LogP contribution in [0.2, 0.25) is 5.02 Å². The van der Waals surface area contributed by atoms with Gasteiger partial charge < -0.3 is 29.1 Å². The summed E-state index contributed by atoms with van der Waals surface area (Å²) in [6.07, 6.45) is 0. The van der Waals surface area contributed by atoms with E-state index in [1.54, 1.807) is 30.3 Å². The number of carbonyl (C=O) groups is 2. The third kappa shape index (κ3) is 4.83. The molecule has 0 saturated carbocycles. The van der Waals surface area contributed by atoms with Crippen molar-refractivity contribution in [2.45, 2.75) is 13.0 Å². The lowest BCUT2D eigenvalue weighted by molar-refractivity contribution is -0.140. The average molecular weight is 489 g/mol. The first-order valence-corrected chi connectivity index (χ1v) is 11.2. The van der Waals surface area contributed by atoms with E-state index in [0.717, 1.165) is 0 Å². The SMILES string of the molecule is CCOc1ccc(/C(O)=C2\C(=O)C(=O)N(CCN(C)C)[C@@H]2c2cccc(OC)c2OC)cc1Cl. The summed E-state index contributed by atoms with van der Waals surface area (Å²) in [4.78, 5) is 29.7. The minimum Gasteiger partial charge on any atom is -0.507 e. The van der Waals surface area contributed by atoms with Crippen molar-refractivity contribution in [3.05, 3.63) is 58.1 Å². The molecule has 34 heavy (non-hydrogen) atoms. The second-order valence-electron chi connectivity index (χ2n) is 7.96. The van der Waals surface area contributed by atoms with Gasteiger partial charge in [-0.15, -0.1) is 0 Å². The van der Waals surface area contributed by atoms with E-state index in [2.05, 4.69) is 0 Å². The highest BCUT2D eigenvalue weighted by atomic mass is 35.5. The zero-order valence-corrected chi connectivity index (χ0v) is 20.7. The molecule has 1 atom stereocenters. The van der Waals surface area contributed by atoms with E-state index in [4.69, 9.17) is 25.8 Å². The second-order valence-corrected chi connectivity index (χ2v) is 8.36. The molecule has 2 aromatic carbocycles. The normalized spacial score (nSPS) is 17.4. The van der Waals surface area contributed by atoms with Crippen LogP contribution in [0.25, 0.3) is 5.76 Å². The van der Waals surface area contributed by atoms with E-state index in [9.17, 15) is 14.7 Å². The Labute approximate surface area is 204 Å². The number of methoxy groups -OCH3 is 2. The van der Waals surface area contributed by atoms with Gasteiger partial charge in [0.25, 0.3) is 11.7 Å². The molecule has 1 aliphatic heterocycles. The van der Waals surface area contributed by atoms with Gasteiger partial charge in [-0.3, -0.25) is 9.59 Å². The summed E-state index contributed by atoms with van der Waals surface area (Å²) in [6, 6.07) is 9.06. The van der Waals surface area contributed by atoms with Crippen molar-refractivity contribution < 1.29 is 28.9 Å². The number of rotatable bonds is 9. The van der Waals surface area contributed by atoms with Crippen molar-refractivity contribution in [2.24, 2.45) is 0 Å². The molecule has 0 aliphatic carbocycles. The quantitative estimate of drug-likeness (QED) is 0.327. The molecule has 0 unspecified atom stereocenters. The number of carbonyl (C=O) groups excluding carboxylic acids is 2. The molecule has 2 aromatic rings. The zero-order valence-electron chi connectivity index (χ0n) is 19.9. The first kappa shape index (κ1) is 25.4. The summed E-state index contributed by atoms with van der Waals surface area (Å²) < 4.78 is 16.5. The summed E-state index contributed by atoms with van der Waals surface area (Å²) in [5.74, 6) is -0.528. The Hall–Kier alpha value is -3.23. The first-order chi connectivity index (χ1) is 16.2. The minimum absolute atomic E-state index is 0.0458. The Morgan fingerprint density at radius 3 is 2.44 bits per heavy atom. The van der Waals surface area contributed by atoms with Crippen LogP contribution in [0.5, 0.6) is 17.2 Å². The summed E-state index contributed by atoms with van der Waals surface area (Å²) in [7, 11) is 6.74. The number of hydrogen-bond acceptors (Lipinski definition) is 7. The maximum atomic E-state index is 13.2. The number of para-hydroxylation sites is 1. The van der Waals surface area contributed by atoms with Crippen LogP contribution in [0.4, 0.5) is 0 Å². The smallest absolute Gasteiger partial charge is 0.295 e. The molecule has 1 N–H and O–H groups in total. The molecule has 1 heterocycles. The van der Waals surface area contributed by atoms with E-state index in [1.165, 1.54) is 25.2 Å². The Bertz CT molecular complexity index is 1110. The molecule has 1 aliphatic rings. The van der Waals surface area contributed by atoms with E-state index < -0.39 is 17.7 Å². The lowest BCUT2D eigenvalue weighted by atomic mass is 9.94. The number of Topliss-reactive ketones (excluding diaryl/α,β-unsaturated/α-hetero) is 1. The molecule has 182 valence electrons. The number of hydrogen-bond donors (Lipinski definition) is 1. The molecular formula is C25H29ClN2O6. The van der Waals surface area contributed by atoms with Gasteiger partial charge >= 0.3 is 0 Å². The van der Waals surface area contributed by atoms with Crippen LogP contribution in [-0.2, 0) is 9.59 Å². The Kier molecular flexibility index (Phi) is 8.06. The van der Waals surface area contributed by atoms with Gasteiger partial charge in [0.05, 0.1) is 37.5 Å². The van der Waals surface area contributed by atoms with Gasteiger partial charge in [0.15, 0.2) is 11.5 Å². The number of amides is 1. The fourth-order valence-electron chi connectivity index (χ4n) is 3.95. The standard InChI is InChI=1S/C25H29ClN2O6/c1-6-34-18-11-10-15(14-17(18)26)22(29)20-21(16-8-7-9-19(32-4)24(16)33-5)28(13-12-27(2)3)25(31)23(20)30/h7-11,14,21,29H,6,12-13H2,1-5H3/b22-20+/t21-/m1/s1. The van der Waals surface area contributed by atoms with Crippen molar-refractivity contribution in [2.75, 3.05) is 48.0 Å². The molecule has 0 radical (unpaired) electrons.